The third kappa shape index (κ3) is 14.3. The summed E-state index contributed by atoms with van der Waals surface area (Å²) in [6.45, 7) is 3.00. The Bertz CT molecular complexity index is 504. The predicted octanol–water partition coefficient (Wildman–Crippen LogP) is 5.92. The first-order chi connectivity index (χ1) is 13.2. The second-order valence-electron chi connectivity index (χ2n) is 7.33. The van der Waals surface area contributed by atoms with E-state index in [2.05, 4.69) is 29.7 Å². The van der Waals surface area contributed by atoms with Crippen LogP contribution >= 0.6 is 12.2 Å². The summed E-state index contributed by atoms with van der Waals surface area (Å²) in [6.07, 6.45) is 15.7. The SMILES string of the molecule is CCCCCCCCCCCCCC(=O)NC(=S)NCCc1ccccc1. The van der Waals surface area contributed by atoms with Crippen molar-refractivity contribution in [1.82, 2.24) is 10.6 Å². The number of carbonyl (C=O) groups excluding carboxylic acids is 1. The second-order valence-corrected chi connectivity index (χ2v) is 7.73. The van der Waals surface area contributed by atoms with Crippen molar-refractivity contribution < 1.29 is 4.79 Å². The number of thiocarbonyl (C=S) groups is 1. The van der Waals surface area contributed by atoms with Crippen molar-refractivity contribution in [1.29, 1.82) is 0 Å². The summed E-state index contributed by atoms with van der Waals surface area (Å²) < 4.78 is 0. The lowest BCUT2D eigenvalue weighted by atomic mass is 10.1. The van der Waals surface area contributed by atoms with Gasteiger partial charge < -0.3 is 10.6 Å². The van der Waals surface area contributed by atoms with Crippen molar-refractivity contribution >= 4 is 23.2 Å². The fourth-order valence-corrected chi connectivity index (χ4v) is 3.36. The highest BCUT2D eigenvalue weighted by atomic mass is 32.1. The van der Waals surface area contributed by atoms with Crippen molar-refractivity contribution in [3.05, 3.63) is 35.9 Å². The minimum Gasteiger partial charge on any atom is -0.362 e. The van der Waals surface area contributed by atoms with E-state index in [0.29, 0.717) is 11.5 Å². The van der Waals surface area contributed by atoms with Crippen LogP contribution in [0.5, 0.6) is 0 Å². The maximum Gasteiger partial charge on any atom is 0.226 e. The van der Waals surface area contributed by atoms with Crippen LogP contribution in [0.2, 0.25) is 0 Å². The Hall–Kier alpha value is -1.42. The molecule has 0 saturated carbocycles. The summed E-state index contributed by atoms with van der Waals surface area (Å²) >= 11 is 5.19. The molecule has 2 N–H and O–H groups in total. The molecule has 0 heterocycles. The molecule has 0 saturated heterocycles. The number of hydrogen-bond donors (Lipinski definition) is 2. The van der Waals surface area contributed by atoms with Crippen LogP contribution in [0.25, 0.3) is 0 Å². The molecule has 0 spiro atoms. The maximum atomic E-state index is 11.9. The average molecular weight is 391 g/mol. The minimum absolute atomic E-state index is 0.0307. The fourth-order valence-electron chi connectivity index (χ4n) is 3.15. The smallest absolute Gasteiger partial charge is 0.226 e. The zero-order valence-corrected chi connectivity index (χ0v) is 17.9. The lowest BCUT2D eigenvalue weighted by Crippen LogP contribution is -2.39. The number of carbonyl (C=O) groups is 1. The van der Waals surface area contributed by atoms with Crippen LogP contribution < -0.4 is 10.6 Å². The van der Waals surface area contributed by atoms with Crippen molar-refractivity contribution in [3.8, 4) is 0 Å². The Morgan fingerprint density at radius 2 is 1.41 bits per heavy atom. The molecule has 0 atom stereocenters. The van der Waals surface area contributed by atoms with Gasteiger partial charge in [-0.2, -0.15) is 0 Å². The number of unbranched alkanes of at least 4 members (excludes halogenated alkanes) is 10. The Kier molecular flexibility index (Phi) is 14.6. The van der Waals surface area contributed by atoms with Gasteiger partial charge in [-0.1, -0.05) is 101 Å². The molecule has 3 nitrogen and oxygen atoms in total. The largest absolute Gasteiger partial charge is 0.362 e. The molecule has 0 aromatic heterocycles. The Balaban J connectivity index is 1.89. The molecule has 4 heteroatoms. The van der Waals surface area contributed by atoms with Crippen molar-refractivity contribution in [3.63, 3.8) is 0 Å². The summed E-state index contributed by atoms with van der Waals surface area (Å²) in [5.74, 6) is 0.0307. The van der Waals surface area contributed by atoms with Gasteiger partial charge in [0.15, 0.2) is 5.11 Å². The molecular formula is C23H38N2OS. The maximum absolute atomic E-state index is 11.9. The molecule has 1 aromatic carbocycles. The van der Waals surface area contributed by atoms with Gasteiger partial charge in [-0.25, -0.2) is 0 Å². The van der Waals surface area contributed by atoms with E-state index in [4.69, 9.17) is 12.2 Å². The Labute approximate surface area is 171 Å². The van der Waals surface area contributed by atoms with E-state index in [1.165, 1.54) is 63.4 Å². The highest BCUT2D eigenvalue weighted by Crippen LogP contribution is 2.11. The van der Waals surface area contributed by atoms with Gasteiger partial charge in [0.2, 0.25) is 5.91 Å². The van der Waals surface area contributed by atoms with Crippen LogP contribution in [0.1, 0.15) is 89.5 Å². The molecule has 0 fully saturated rings. The highest BCUT2D eigenvalue weighted by Gasteiger charge is 2.04. The molecule has 0 aliphatic heterocycles. The van der Waals surface area contributed by atoms with Crippen LogP contribution in [0, 0.1) is 0 Å². The predicted molar refractivity (Wildman–Crippen MR) is 120 cm³/mol. The van der Waals surface area contributed by atoms with Gasteiger partial charge in [-0.3, -0.25) is 4.79 Å². The second kappa shape index (κ2) is 16.7. The molecule has 0 radical (unpaired) electrons. The Morgan fingerprint density at radius 1 is 0.852 bits per heavy atom. The number of nitrogens with one attached hydrogen (secondary N) is 2. The number of benzene rings is 1. The molecule has 1 aromatic rings. The van der Waals surface area contributed by atoms with Crippen LogP contribution in [-0.2, 0) is 11.2 Å². The van der Waals surface area contributed by atoms with Crippen molar-refractivity contribution in [2.45, 2.75) is 90.4 Å². The summed E-state index contributed by atoms with van der Waals surface area (Å²) in [5, 5.41) is 6.33. The van der Waals surface area contributed by atoms with E-state index in [-0.39, 0.29) is 5.91 Å². The third-order valence-corrected chi connectivity index (χ3v) is 5.05. The van der Waals surface area contributed by atoms with E-state index >= 15 is 0 Å². The van der Waals surface area contributed by atoms with Crippen LogP contribution in [-0.4, -0.2) is 17.6 Å². The van der Waals surface area contributed by atoms with E-state index in [1.807, 2.05) is 18.2 Å². The van der Waals surface area contributed by atoms with Crippen LogP contribution in [0.3, 0.4) is 0 Å². The molecule has 1 rings (SSSR count). The third-order valence-electron chi connectivity index (χ3n) is 4.80. The molecule has 27 heavy (non-hydrogen) atoms. The standard InChI is InChI=1S/C23H38N2OS/c1-2-3-4-5-6-7-8-9-10-11-15-18-22(26)25-23(27)24-20-19-21-16-13-12-14-17-21/h12-14,16-17H,2-11,15,18-20H2,1H3,(H2,24,25,26,27). The summed E-state index contributed by atoms with van der Waals surface area (Å²) in [7, 11) is 0. The molecule has 0 unspecified atom stereocenters. The van der Waals surface area contributed by atoms with Crippen molar-refractivity contribution in [2.75, 3.05) is 6.54 Å². The first kappa shape index (κ1) is 23.6. The highest BCUT2D eigenvalue weighted by molar-refractivity contribution is 7.80. The van der Waals surface area contributed by atoms with Gasteiger partial charge in [0, 0.05) is 13.0 Å². The van der Waals surface area contributed by atoms with E-state index in [9.17, 15) is 4.79 Å². The molecule has 0 bridgehead atoms. The first-order valence-electron chi connectivity index (χ1n) is 10.8. The van der Waals surface area contributed by atoms with Crippen LogP contribution in [0.15, 0.2) is 30.3 Å². The van der Waals surface area contributed by atoms with Gasteiger partial charge in [0.1, 0.15) is 0 Å². The summed E-state index contributed by atoms with van der Waals surface area (Å²) in [4.78, 5) is 11.9. The van der Waals surface area contributed by atoms with Crippen molar-refractivity contribution in [2.24, 2.45) is 0 Å². The zero-order chi connectivity index (χ0) is 19.6. The quantitative estimate of drug-likeness (QED) is 0.288. The summed E-state index contributed by atoms with van der Waals surface area (Å²) in [6, 6.07) is 10.3. The number of amides is 1. The molecule has 1 amide bonds. The summed E-state index contributed by atoms with van der Waals surface area (Å²) in [5.41, 5.74) is 1.26. The lowest BCUT2D eigenvalue weighted by molar-refractivity contribution is -0.119. The van der Waals surface area contributed by atoms with Gasteiger partial charge >= 0.3 is 0 Å². The van der Waals surface area contributed by atoms with Gasteiger partial charge in [-0.05, 0) is 30.6 Å². The van der Waals surface area contributed by atoms with Crippen LogP contribution in [0.4, 0.5) is 0 Å². The average Bonchev–Trinajstić information content (AvgIpc) is 2.67. The lowest BCUT2D eigenvalue weighted by Gasteiger charge is -2.09. The molecule has 0 aliphatic rings. The first-order valence-corrected chi connectivity index (χ1v) is 11.2. The fraction of sp³-hybridized carbons (Fsp3) is 0.652. The molecule has 152 valence electrons. The minimum atomic E-state index is 0.0307. The van der Waals surface area contributed by atoms with E-state index < -0.39 is 0 Å². The molecule has 0 aliphatic carbocycles. The van der Waals surface area contributed by atoms with E-state index in [0.717, 1.165) is 25.8 Å². The zero-order valence-electron chi connectivity index (χ0n) is 17.1. The topological polar surface area (TPSA) is 41.1 Å². The van der Waals surface area contributed by atoms with E-state index in [1.54, 1.807) is 0 Å². The Morgan fingerprint density at radius 3 is 2.00 bits per heavy atom. The normalized spacial score (nSPS) is 10.6. The number of rotatable bonds is 15. The van der Waals surface area contributed by atoms with Gasteiger partial charge in [0.05, 0.1) is 0 Å². The number of hydrogen-bond acceptors (Lipinski definition) is 2. The monoisotopic (exact) mass is 390 g/mol. The molecular weight excluding hydrogens is 352 g/mol. The van der Waals surface area contributed by atoms with Gasteiger partial charge in [0.25, 0.3) is 0 Å². The van der Waals surface area contributed by atoms with Gasteiger partial charge in [-0.15, -0.1) is 0 Å².